The van der Waals surface area contributed by atoms with E-state index in [4.69, 9.17) is 0 Å². The highest BCUT2D eigenvalue weighted by Crippen LogP contribution is 2.26. The second-order valence-corrected chi connectivity index (χ2v) is 5.76. The number of carboxylic acid groups (broad SMARTS) is 1. The summed E-state index contributed by atoms with van der Waals surface area (Å²) in [7, 11) is 0. The van der Waals surface area contributed by atoms with Gasteiger partial charge in [-0.15, -0.1) is 6.58 Å². The quantitative estimate of drug-likeness (QED) is 0.661. The monoisotopic (exact) mass is 328 g/mol. The molecular formula is C17H16N2O5. The molecule has 124 valence electrons. The maximum atomic E-state index is 12.6. The first-order chi connectivity index (χ1) is 11.5. The minimum absolute atomic E-state index is 0.100. The van der Waals surface area contributed by atoms with E-state index in [0.717, 1.165) is 4.90 Å². The fourth-order valence-electron chi connectivity index (χ4n) is 3.15. The summed E-state index contributed by atoms with van der Waals surface area (Å²) in [6, 6.07) is 3.43. The summed E-state index contributed by atoms with van der Waals surface area (Å²) in [5.74, 6) is -2.37. The van der Waals surface area contributed by atoms with Crippen molar-refractivity contribution in [2.24, 2.45) is 0 Å². The van der Waals surface area contributed by atoms with E-state index in [1.54, 1.807) is 0 Å². The summed E-state index contributed by atoms with van der Waals surface area (Å²) in [6.07, 6.45) is 2.49. The molecule has 0 bridgehead atoms. The smallest absolute Gasteiger partial charge is 0.326 e. The van der Waals surface area contributed by atoms with Crippen molar-refractivity contribution in [3.05, 3.63) is 47.5 Å². The second-order valence-electron chi connectivity index (χ2n) is 5.76. The van der Waals surface area contributed by atoms with Gasteiger partial charge in [0, 0.05) is 18.7 Å². The number of aliphatic carboxylic acids is 1. The number of benzene rings is 1. The molecule has 1 atom stereocenters. The third-order valence-corrected chi connectivity index (χ3v) is 4.33. The van der Waals surface area contributed by atoms with Gasteiger partial charge in [-0.3, -0.25) is 19.3 Å². The maximum absolute atomic E-state index is 12.6. The molecule has 0 radical (unpaired) electrons. The number of rotatable bonds is 4. The zero-order valence-electron chi connectivity index (χ0n) is 12.9. The van der Waals surface area contributed by atoms with Crippen molar-refractivity contribution in [2.45, 2.75) is 18.9 Å². The van der Waals surface area contributed by atoms with Gasteiger partial charge in [-0.2, -0.15) is 0 Å². The number of imide groups is 1. The third-order valence-electron chi connectivity index (χ3n) is 4.33. The molecule has 0 saturated carbocycles. The SMILES string of the molecule is C=CCN1C(=O)c2ccc(C(=O)N3CCCC3C(=O)O)cc2C1=O. The molecule has 0 aliphatic carbocycles. The van der Waals surface area contributed by atoms with Crippen molar-refractivity contribution < 1.29 is 24.3 Å². The molecular weight excluding hydrogens is 312 g/mol. The molecule has 2 aliphatic heterocycles. The van der Waals surface area contributed by atoms with Crippen LogP contribution in [0.15, 0.2) is 30.9 Å². The summed E-state index contributed by atoms with van der Waals surface area (Å²) in [5, 5.41) is 9.20. The Balaban J connectivity index is 1.92. The molecule has 1 saturated heterocycles. The predicted octanol–water partition coefficient (Wildman–Crippen LogP) is 1.16. The molecule has 1 N–H and O–H groups in total. The van der Waals surface area contributed by atoms with Crippen LogP contribution in [0.1, 0.15) is 43.9 Å². The van der Waals surface area contributed by atoms with E-state index in [2.05, 4.69) is 6.58 Å². The van der Waals surface area contributed by atoms with E-state index in [0.29, 0.717) is 19.4 Å². The molecule has 0 aromatic heterocycles. The van der Waals surface area contributed by atoms with Gasteiger partial charge >= 0.3 is 5.97 Å². The van der Waals surface area contributed by atoms with Gasteiger partial charge in [0.25, 0.3) is 17.7 Å². The summed E-state index contributed by atoms with van der Waals surface area (Å²) in [4.78, 5) is 50.6. The van der Waals surface area contributed by atoms with Crippen LogP contribution in [-0.2, 0) is 4.79 Å². The van der Waals surface area contributed by atoms with E-state index >= 15 is 0 Å². The lowest BCUT2D eigenvalue weighted by Crippen LogP contribution is -2.40. The van der Waals surface area contributed by atoms with E-state index in [-0.39, 0.29) is 23.2 Å². The molecule has 24 heavy (non-hydrogen) atoms. The number of hydrogen-bond acceptors (Lipinski definition) is 4. The van der Waals surface area contributed by atoms with Crippen molar-refractivity contribution >= 4 is 23.7 Å². The normalized spacial score (nSPS) is 19.6. The minimum Gasteiger partial charge on any atom is -0.480 e. The number of carbonyl (C=O) groups is 4. The summed E-state index contributed by atoms with van der Waals surface area (Å²) < 4.78 is 0. The molecule has 7 nitrogen and oxygen atoms in total. The Bertz CT molecular complexity index is 770. The lowest BCUT2D eigenvalue weighted by molar-refractivity contribution is -0.141. The largest absolute Gasteiger partial charge is 0.480 e. The van der Waals surface area contributed by atoms with E-state index < -0.39 is 29.7 Å². The van der Waals surface area contributed by atoms with Gasteiger partial charge in [-0.25, -0.2) is 4.79 Å². The number of nitrogens with zero attached hydrogens (tertiary/aromatic N) is 2. The Morgan fingerprint density at radius 3 is 2.62 bits per heavy atom. The van der Waals surface area contributed by atoms with Crippen LogP contribution in [0.3, 0.4) is 0 Å². The van der Waals surface area contributed by atoms with Crippen LogP contribution < -0.4 is 0 Å². The standard InChI is InChI=1S/C17H16N2O5/c1-2-7-19-15(21)11-6-5-10(9-12(11)16(19)22)14(20)18-8-3-4-13(18)17(23)24/h2,5-6,9,13H,1,3-4,7-8H2,(H,23,24). The van der Waals surface area contributed by atoms with Gasteiger partial charge in [-0.05, 0) is 31.0 Å². The van der Waals surface area contributed by atoms with Crippen LogP contribution in [0, 0.1) is 0 Å². The van der Waals surface area contributed by atoms with E-state index in [9.17, 15) is 24.3 Å². The number of likely N-dealkylation sites (tertiary alicyclic amines) is 1. The molecule has 2 aliphatic rings. The Kier molecular flexibility index (Phi) is 3.92. The Morgan fingerprint density at radius 1 is 1.25 bits per heavy atom. The molecule has 3 rings (SSSR count). The molecule has 0 spiro atoms. The zero-order chi connectivity index (χ0) is 17.4. The van der Waals surface area contributed by atoms with Crippen LogP contribution in [0.25, 0.3) is 0 Å². The van der Waals surface area contributed by atoms with Crippen LogP contribution in [0.2, 0.25) is 0 Å². The summed E-state index contributed by atoms with van der Waals surface area (Å²) in [6.45, 7) is 3.98. The van der Waals surface area contributed by atoms with Crippen molar-refractivity contribution in [2.75, 3.05) is 13.1 Å². The predicted molar refractivity (Wildman–Crippen MR) is 83.7 cm³/mol. The molecule has 7 heteroatoms. The minimum atomic E-state index is -1.04. The lowest BCUT2D eigenvalue weighted by atomic mass is 10.0. The van der Waals surface area contributed by atoms with Crippen molar-refractivity contribution in [1.82, 2.24) is 9.80 Å². The number of amides is 3. The van der Waals surface area contributed by atoms with E-state index in [1.807, 2.05) is 0 Å². The highest BCUT2D eigenvalue weighted by Gasteiger charge is 2.37. The van der Waals surface area contributed by atoms with Gasteiger partial charge in [0.2, 0.25) is 0 Å². The molecule has 3 amide bonds. The van der Waals surface area contributed by atoms with Crippen LogP contribution >= 0.6 is 0 Å². The molecule has 2 heterocycles. The highest BCUT2D eigenvalue weighted by atomic mass is 16.4. The Hall–Kier alpha value is -2.96. The lowest BCUT2D eigenvalue weighted by Gasteiger charge is -2.21. The van der Waals surface area contributed by atoms with Crippen molar-refractivity contribution in [3.63, 3.8) is 0 Å². The highest BCUT2D eigenvalue weighted by molar-refractivity contribution is 6.22. The van der Waals surface area contributed by atoms with Crippen LogP contribution in [0.5, 0.6) is 0 Å². The number of fused-ring (bicyclic) bond motifs is 1. The molecule has 1 aromatic rings. The van der Waals surface area contributed by atoms with Gasteiger partial charge in [0.15, 0.2) is 0 Å². The third kappa shape index (κ3) is 2.38. The van der Waals surface area contributed by atoms with Crippen molar-refractivity contribution in [3.8, 4) is 0 Å². The Labute approximate surface area is 138 Å². The first-order valence-electron chi connectivity index (χ1n) is 7.60. The molecule has 1 unspecified atom stereocenters. The number of carboxylic acids is 1. The van der Waals surface area contributed by atoms with Gasteiger partial charge in [0.05, 0.1) is 11.1 Å². The molecule has 1 fully saturated rings. The van der Waals surface area contributed by atoms with Gasteiger partial charge in [-0.1, -0.05) is 6.08 Å². The molecule has 1 aromatic carbocycles. The second kappa shape index (κ2) is 5.92. The topological polar surface area (TPSA) is 95.0 Å². The average molecular weight is 328 g/mol. The van der Waals surface area contributed by atoms with Gasteiger partial charge < -0.3 is 10.0 Å². The number of hydrogen-bond donors (Lipinski definition) is 1. The van der Waals surface area contributed by atoms with Crippen LogP contribution in [-0.4, -0.2) is 57.7 Å². The van der Waals surface area contributed by atoms with E-state index in [1.165, 1.54) is 29.2 Å². The fraction of sp³-hybridized carbons (Fsp3) is 0.294. The van der Waals surface area contributed by atoms with Crippen molar-refractivity contribution in [1.29, 1.82) is 0 Å². The fourth-order valence-corrected chi connectivity index (χ4v) is 3.15. The average Bonchev–Trinajstić information content (AvgIpc) is 3.14. The summed E-state index contributed by atoms with van der Waals surface area (Å²) >= 11 is 0. The number of carbonyl (C=O) groups excluding carboxylic acids is 3. The zero-order valence-corrected chi connectivity index (χ0v) is 12.9. The first-order valence-corrected chi connectivity index (χ1v) is 7.60. The van der Waals surface area contributed by atoms with Gasteiger partial charge in [0.1, 0.15) is 6.04 Å². The van der Waals surface area contributed by atoms with Crippen LogP contribution in [0.4, 0.5) is 0 Å². The summed E-state index contributed by atoms with van der Waals surface area (Å²) in [5.41, 5.74) is 0.622. The Morgan fingerprint density at radius 2 is 1.96 bits per heavy atom. The first kappa shape index (κ1) is 15.9. The maximum Gasteiger partial charge on any atom is 0.326 e.